The summed E-state index contributed by atoms with van der Waals surface area (Å²) in [5.74, 6) is -0.105. The Morgan fingerprint density at radius 3 is 2.18 bits per heavy atom. The molecule has 1 atom stereocenters. The minimum atomic E-state index is -0.993. The lowest BCUT2D eigenvalue weighted by Gasteiger charge is -2.21. The fraction of sp³-hybridized carbons (Fsp3) is 0.500. The second-order valence-electron chi connectivity index (χ2n) is 5.35. The second-order valence-corrected chi connectivity index (χ2v) is 5.35. The van der Waals surface area contributed by atoms with Gasteiger partial charge in [-0.1, -0.05) is 33.8 Å². The molecule has 6 nitrogen and oxygen atoms in total. The van der Waals surface area contributed by atoms with Gasteiger partial charge in [-0.15, -0.1) is 0 Å². The summed E-state index contributed by atoms with van der Waals surface area (Å²) in [7, 11) is 1.51. The number of esters is 1. The van der Waals surface area contributed by atoms with E-state index in [0.29, 0.717) is 5.75 Å². The Kier molecular flexibility index (Phi) is 6.69. The van der Waals surface area contributed by atoms with Crippen LogP contribution in [-0.2, 0) is 14.3 Å². The van der Waals surface area contributed by atoms with E-state index in [0.717, 1.165) is 0 Å². The molecule has 22 heavy (non-hydrogen) atoms. The van der Waals surface area contributed by atoms with Crippen LogP contribution in [0.1, 0.15) is 27.7 Å². The molecule has 0 spiro atoms. The van der Waals surface area contributed by atoms with E-state index in [1.807, 2.05) is 0 Å². The summed E-state index contributed by atoms with van der Waals surface area (Å²) in [6.07, 6.45) is -1.93. The first kappa shape index (κ1) is 17.8. The first-order chi connectivity index (χ1) is 10.3. The molecule has 1 aromatic rings. The molecule has 0 aromatic heterocycles. The molecule has 0 radical (unpaired) electrons. The zero-order valence-corrected chi connectivity index (χ0v) is 13.5. The molecule has 0 saturated carbocycles. The van der Waals surface area contributed by atoms with Gasteiger partial charge in [-0.25, -0.2) is 4.79 Å². The second kappa shape index (κ2) is 8.26. The maximum Gasteiger partial charge on any atom is 0.516 e. The van der Waals surface area contributed by atoms with E-state index >= 15 is 0 Å². The Morgan fingerprint density at radius 2 is 1.64 bits per heavy atom. The Morgan fingerprint density at radius 1 is 1.00 bits per heavy atom. The van der Waals surface area contributed by atoms with Gasteiger partial charge in [0.2, 0.25) is 0 Å². The van der Waals surface area contributed by atoms with Crippen LogP contribution in [0.2, 0.25) is 0 Å². The molecular formula is C16H22O6. The molecule has 0 heterocycles. The maximum absolute atomic E-state index is 11.8. The minimum Gasteiger partial charge on any atom is -0.497 e. The van der Waals surface area contributed by atoms with Gasteiger partial charge in [0.25, 0.3) is 6.29 Å². The molecule has 1 aromatic carbocycles. The summed E-state index contributed by atoms with van der Waals surface area (Å²) in [5.41, 5.74) is 0. The van der Waals surface area contributed by atoms with E-state index in [-0.39, 0.29) is 17.6 Å². The van der Waals surface area contributed by atoms with Crippen LogP contribution in [0, 0.1) is 11.8 Å². The highest BCUT2D eigenvalue weighted by molar-refractivity contribution is 5.72. The lowest BCUT2D eigenvalue weighted by atomic mass is 10.2. The van der Waals surface area contributed by atoms with Crippen molar-refractivity contribution in [3.63, 3.8) is 0 Å². The molecule has 0 aliphatic carbocycles. The third-order valence-corrected chi connectivity index (χ3v) is 2.70. The highest BCUT2D eigenvalue weighted by atomic mass is 16.8. The van der Waals surface area contributed by atoms with Crippen LogP contribution in [0.15, 0.2) is 24.3 Å². The summed E-state index contributed by atoms with van der Waals surface area (Å²) in [4.78, 5) is 23.4. The van der Waals surface area contributed by atoms with E-state index in [9.17, 15) is 9.59 Å². The average Bonchev–Trinajstić information content (AvgIpc) is 2.46. The van der Waals surface area contributed by atoms with E-state index < -0.39 is 18.4 Å². The molecule has 6 heteroatoms. The molecule has 122 valence electrons. The molecule has 0 aliphatic heterocycles. The molecule has 0 fully saturated rings. The van der Waals surface area contributed by atoms with E-state index in [2.05, 4.69) is 0 Å². The highest BCUT2D eigenvalue weighted by Gasteiger charge is 2.25. The van der Waals surface area contributed by atoms with Crippen LogP contribution in [0.3, 0.4) is 0 Å². The third kappa shape index (κ3) is 5.63. The Labute approximate surface area is 130 Å². The van der Waals surface area contributed by atoms with Gasteiger partial charge in [-0.05, 0) is 12.1 Å². The molecular weight excluding hydrogens is 288 g/mol. The predicted octanol–water partition coefficient (Wildman–Crippen LogP) is 3.39. The summed E-state index contributed by atoms with van der Waals surface area (Å²) in [6.45, 7) is 6.96. The molecule has 0 aliphatic rings. The monoisotopic (exact) mass is 310 g/mol. The summed E-state index contributed by atoms with van der Waals surface area (Å²) >= 11 is 0. The van der Waals surface area contributed by atoms with Gasteiger partial charge in [0.15, 0.2) is 0 Å². The van der Waals surface area contributed by atoms with Gasteiger partial charge >= 0.3 is 12.1 Å². The molecule has 1 rings (SSSR count). The number of methoxy groups -OCH3 is 1. The number of hydrogen-bond acceptors (Lipinski definition) is 6. The predicted molar refractivity (Wildman–Crippen MR) is 79.7 cm³/mol. The average molecular weight is 310 g/mol. The molecule has 0 saturated heterocycles. The molecule has 0 amide bonds. The fourth-order valence-corrected chi connectivity index (χ4v) is 1.43. The van der Waals surface area contributed by atoms with Crippen molar-refractivity contribution in [1.29, 1.82) is 0 Å². The lowest BCUT2D eigenvalue weighted by Crippen LogP contribution is -2.32. The van der Waals surface area contributed by atoms with Crippen molar-refractivity contribution in [2.75, 3.05) is 7.11 Å². The first-order valence-corrected chi connectivity index (χ1v) is 7.06. The Bertz CT molecular complexity index is 509. The van der Waals surface area contributed by atoms with Crippen LogP contribution in [0.4, 0.5) is 4.79 Å². The van der Waals surface area contributed by atoms with Crippen molar-refractivity contribution in [1.82, 2.24) is 0 Å². The SMILES string of the molecule is COc1cccc(OC(=O)OC(OC(=O)C(C)C)C(C)C)c1. The molecule has 1 unspecified atom stereocenters. The first-order valence-electron chi connectivity index (χ1n) is 7.06. The van der Waals surface area contributed by atoms with Crippen LogP contribution in [-0.4, -0.2) is 25.5 Å². The van der Waals surface area contributed by atoms with Crippen LogP contribution < -0.4 is 9.47 Å². The van der Waals surface area contributed by atoms with E-state index in [1.165, 1.54) is 7.11 Å². The summed E-state index contributed by atoms with van der Waals surface area (Å²) in [6, 6.07) is 6.54. The van der Waals surface area contributed by atoms with E-state index in [4.69, 9.17) is 18.9 Å². The summed E-state index contributed by atoms with van der Waals surface area (Å²) in [5, 5.41) is 0. The zero-order chi connectivity index (χ0) is 16.7. The van der Waals surface area contributed by atoms with Gasteiger partial charge < -0.3 is 18.9 Å². The minimum absolute atomic E-state index is 0.194. The smallest absolute Gasteiger partial charge is 0.497 e. The maximum atomic E-state index is 11.8. The Hall–Kier alpha value is -2.24. The number of hydrogen-bond donors (Lipinski definition) is 0. The molecule has 0 bridgehead atoms. The third-order valence-electron chi connectivity index (χ3n) is 2.70. The zero-order valence-electron chi connectivity index (χ0n) is 13.5. The number of rotatable bonds is 6. The fourth-order valence-electron chi connectivity index (χ4n) is 1.43. The normalized spacial score (nSPS) is 12.0. The van der Waals surface area contributed by atoms with Gasteiger partial charge in [0.05, 0.1) is 13.0 Å². The number of ether oxygens (including phenoxy) is 4. The van der Waals surface area contributed by atoms with Crippen molar-refractivity contribution in [2.45, 2.75) is 34.0 Å². The molecule has 0 N–H and O–H groups in total. The van der Waals surface area contributed by atoms with Crippen molar-refractivity contribution >= 4 is 12.1 Å². The topological polar surface area (TPSA) is 71.1 Å². The number of carbonyl (C=O) groups excluding carboxylic acids is 2. The highest BCUT2D eigenvalue weighted by Crippen LogP contribution is 2.20. The van der Waals surface area contributed by atoms with E-state index in [1.54, 1.807) is 52.0 Å². The van der Waals surface area contributed by atoms with Gasteiger partial charge in [0, 0.05) is 12.0 Å². The van der Waals surface area contributed by atoms with Gasteiger partial charge in [-0.2, -0.15) is 0 Å². The van der Waals surface area contributed by atoms with Gasteiger partial charge in [-0.3, -0.25) is 4.79 Å². The van der Waals surface area contributed by atoms with Crippen molar-refractivity contribution in [2.24, 2.45) is 11.8 Å². The number of carbonyl (C=O) groups is 2. The van der Waals surface area contributed by atoms with Crippen LogP contribution in [0.25, 0.3) is 0 Å². The Balaban J connectivity index is 2.65. The number of benzene rings is 1. The quantitative estimate of drug-likeness (QED) is 0.455. The largest absolute Gasteiger partial charge is 0.516 e. The van der Waals surface area contributed by atoms with Crippen molar-refractivity contribution in [3.8, 4) is 11.5 Å². The van der Waals surface area contributed by atoms with Crippen LogP contribution in [0.5, 0.6) is 11.5 Å². The summed E-state index contributed by atoms with van der Waals surface area (Å²) < 4.78 is 20.3. The van der Waals surface area contributed by atoms with Crippen LogP contribution >= 0.6 is 0 Å². The standard InChI is InChI=1S/C16H22O6/c1-10(2)14(17)21-15(11(3)4)22-16(18)20-13-8-6-7-12(9-13)19-5/h6-11,15H,1-5H3. The van der Waals surface area contributed by atoms with Crippen molar-refractivity contribution in [3.05, 3.63) is 24.3 Å². The van der Waals surface area contributed by atoms with Crippen molar-refractivity contribution < 1.29 is 28.5 Å². The van der Waals surface area contributed by atoms with Gasteiger partial charge in [0.1, 0.15) is 11.5 Å². The lowest BCUT2D eigenvalue weighted by molar-refractivity contribution is -0.180.